The second kappa shape index (κ2) is 9.21. The number of hydrogen-bond donors (Lipinski definition) is 3. The normalized spacial score (nSPS) is 11.6. The molecule has 31 heavy (non-hydrogen) atoms. The van der Waals surface area contributed by atoms with Crippen LogP contribution in [0.5, 0.6) is 17.2 Å². The predicted molar refractivity (Wildman–Crippen MR) is 113 cm³/mol. The number of methoxy groups -OCH3 is 3. The topological polar surface area (TPSA) is 127 Å². The number of carbonyl (C=O) groups is 2. The molecule has 0 spiro atoms. The summed E-state index contributed by atoms with van der Waals surface area (Å²) in [6.07, 6.45) is -0.0735. The van der Waals surface area contributed by atoms with E-state index in [1.807, 2.05) is 0 Å². The molecule has 162 valence electrons. The minimum Gasteiger partial charge on any atom is -0.493 e. The minimum absolute atomic E-state index is 0.0735. The zero-order chi connectivity index (χ0) is 22.5. The molecule has 0 saturated carbocycles. The summed E-state index contributed by atoms with van der Waals surface area (Å²) < 4.78 is 15.7. The molecule has 1 aromatic heterocycles. The highest BCUT2D eigenvalue weighted by molar-refractivity contribution is 5.98. The molecule has 0 radical (unpaired) electrons. The van der Waals surface area contributed by atoms with Crippen molar-refractivity contribution < 1.29 is 28.9 Å². The number of rotatable bonds is 8. The lowest BCUT2D eigenvalue weighted by atomic mass is 10.0. The number of H-pyrrole nitrogens is 1. The molecule has 0 aliphatic heterocycles. The van der Waals surface area contributed by atoms with Crippen LogP contribution in [0.15, 0.2) is 47.3 Å². The summed E-state index contributed by atoms with van der Waals surface area (Å²) in [7, 11) is 4.26. The summed E-state index contributed by atoms with van der Waals surface area (Å²) >= 11 is 0. The summed E-state index contributed by atoms with van der Waals surface area (Å²) in [5, 5.41) is 12.9. The van der Waals surface area contributed by atoms with Gasteiger partial charge in [-0.15, -0.1) is 0 Å². The van der Waals surface area contributed by atoms with Gasteiger partial charge >= 0.3 is 5.97 Å². The van der Waals surface area contributed by atoms with E-state index in [2.05, 4.69) is 10.3 Å². The number of aromatic amines is 1. The Bertz CT molecular complexity index is 1160. The lowest BCUT2D eigenvalue weighted by molar-refractivity contribution is -0.139. The molecule has 9 heteroatoms. The Morgan fingerprint density at radius 1 is 1.03 bits per heavy atom. The van der Waals surface area contributed by atoms with Crippen LogP contribution < -0.4 is 25.1 Å². The number of benzene rings is 2. The standard InChI is InChI=1S/C22H22N2O7/c1-29-17-9-13(10-18(30-2)20(17)31-3)21(26)24-16(22(27)28)8-12-11-19(25)23-15-7-5-4-6-14(12)15/h4-7,9-11,16H,8H2,1-3H3,(H,23,25)(H,24,26)(H,27,28). The molecule has 1 amide bonds. The fraction of sp³-hybridized carbons (Fsp3) is 0.227. The molecule has 0 aliphatic carbocycles. The fourth-order valence-corrected chi connectivity index (χ4v) is 3.32. The van der Waals surface area contributed by atoms with Crippen molar-refractivity contribution in [2.24, 2.45) is 0 Å². The first-order valence-electron chi connectivity index (χ1n) is 9.32. The van der Waals surface area contributed by atoms with Crippen molar-refractivity contribution in [1.29, 1.82) is 0 Å². The van der Waals surface area contributed by atoms with Crippen LogP contribution in [-0.2, 0) is 11.2 Å². The molecule has 2 aromatic carbocycles. The molecule has 0 fully saturated rings. The molecule has 9 nitrogen and oxygen atoms in total. The summed E-state index contributed by atoms with van der Waals surface area (Å²) in [5.41, 5.74) is 0.882. The van der Waals surface area contributed by atoms with Gasteiger partial charge in [0.25, 0.3) is 5.91 Å². The minimum atomic E-state index is -1.27. The van der Waals surface area contributed by atoms with Crippen molar-refractivity contribution in [2.45, 2.75) is 12.5 Å². The lowest BCUT2D eigenvalue weighted by Crippen LogP contribution is -2.42. The Balaban J connectivity index is 1.92. The molecule has 3 rings (SSSR count). The largest absolute Gasteiger partial charge is 0.493 e. The third kappa shape index (κ3) is 4.61. The van der Waals surface area contributed by atoms with E-state index in [0.29, 0.717) is 22.2 Å². The SMILES string of the molecule is COc1cc(C(=O)NC(Cc2cc(=O)[nH]c3ccccc23)C(=O)O)cc(OC)c1OC. The summed E-state index contributed by atoms with van der Waals surface area (Å²) in [6, 6.07) is 9.99. The van der Waals surface area contributed by atoms with Gasteiger partial charge in [0.05, 0.1) is 21.3 Å². The van der Waals surface area contributed by atoms with Crippen LogP contribution in [0.4, 0.5) is 0 Å². The van der Waals surface area contributed by atoms with E-state index in [0.717, 1.165) is 0 Å². The number of aliphatic carboxylic acids is 1. The Morgan fingerprint density at radius 3 is 2.26 bits per heavy atom. The summed E-state index contributed by atoms with van der Waals surface area (Å²) in [5.74, 6) is -1.03. The second-order valence-electron chi connectivity index (χ2n) is 6.69. The maximum Gasteiger partial charge on any atom is 0.326 e. The first-order chi connectivity index (χ1) is 14.9. The average molecular weight is 426 g/mol. The zero-order valence-corrected chi connectivity index (χ0v) is 17.2. The van der Waals surface area contributed by atoms with Crippen molar-refractivity contribution in [3.63, 3.8) is 0 Å². The number of fused-ring (bicyclic) bond motifs is 1. The van der Waals surface area contributed by atoms with Gasteiger partial charge < -0.3 is 29.6 Å². The van der Waals surface area contributed by atoms with Crippen molar-refractivity contribution in [2.75, 3.05) is 21.3 Å². The number of ether oxygens (including phenoxy) is 3. The molecule has 0 saturated heterocycles. The van der Waals surface area contributed by atoms with E-state index in [1.165, 1.54) is 39.5 Å². The van der Waals surface area contributed by atoms with Crippen LogP contribution in [0.25, 0.3) is 10.9 Å². The van der Waals surface area contributed by atoms with Gasteiger partial charge in [0.1, 0.15) is 6.04 Å². The van der Waals surface area contributed by atoms with Crippen LogP contribution in [0.2, 0.25) is 0 Å². The van der Waals surface area contributed by atoms with Crippen LogP contribution in [0.1, 0.15) is 15.9 Å². The number of para-hydroxylation sites is 1. The van der Waals surface area contributed by atoms with Gasteiger partial charge in [-0.1, -0.05) is 18.2 Å². The van der Waals surface area contributed by atoms with Crippen molar-refractivity contribution >= 4 is 22.8 Å². The number of carboxylic acid groups (broad SMARTS) is 1. The van der Waals surface area contributed by atoms with E-state index >= 15 is 0 Å². The summed E-state index contributed by atoms with van der Waals surface area (Å²) in [4.78, 5) is 39.4. The number of carboxylic acids is 1. The van der Waals surface area contributed by atoms with Crippen molar-refractivity contribution in [3.8, 4) is 17.2 Å². The number of pyridine rings is 1. The Kier molecular flexibility index (Phi) is 6.44. The first kappa shape index (κ1) is 21.7. The van der Waals surface area contributed by atoms with Gasteiger partial charge in [-0.2, -0.15) is 0 Å². The molecule has 0 bridgehead atoms. The Hall–Kier alpha value is -4.01. The highest BCUT2D eigenvalue weighted by Crippen LogP contribution is 2.38. The number of carbonyl (C=O) groups excluding carboxylic acids is 1. The molecule has 0 aliphatic rings. The third-order valence-corrected chi connectivity index (χ3v) is 4.79. The van der Waals surface area contributed by atoms with Crippen LogP contribution >= 0.6 is 0 Å². The van der Waals surface area contributed by atoms with E-state index in [1.54, 1.807) is 24.3 Å². The molecule has 1 unspecified atom stereocenters. The average Bonchev–Trinajstić information content (AvgIpc) is 2.77. The number of hydrogen-bond acceptors (Lipinski definition) is 6. The smallest absolute Gasteiger partial charge is 0.326 e. The molecule has 3 aromatic rings. The van der Waals surface area contributed by atoms with Gasteiger partial charge in [0, 0.05) is 29.0 Å². The number of amides is 1. The molecule has 1 atom stereocenters. The van der Waals surface area contributed by atoms with E-state index in [4.69, 9.17) is 14.2 Å². The second-order valence-corrected chi connectivity index (χ2v) is 6.69. The monoisotopic (exact) mass is 426 g/mol. The fourth-order valence-electron chi connectivity index (χ4n) is 3.32. The van der Waals surface area contributed by atoms with Crippen LogP contribution in [-0.4, -0.2) is 49.3 Å². The van der Waals surface area contributed by atoms with Gasteiger partial charge in [-0.3, -0.25) is 9.59 Å². The third-order valence-electron chi connectivity index (χ3n) is 4.79. The lowest BCUT2D eigenvalue weighted by Gasteiger charge is -2.17. The molecular formula is C22H22N2O7. The van der Waals surface area contributed by atoms with Crippen LogP contribution in [0.3, 0.4) is 0 Å². The Morgan fingerprint density at radius 2 is 1.68 bits per heavy atom. The quantitative estimate of drug-likeness (QED) is 0.503. The highest BCUT2D eigenvalue weighted by atomic mass is 16.5. The van der Waals surface area contributed by atoms with Gasteiger partial charge in [0.2, 0.25) is 11.3 Å². The number of nitrogens with one attached hydrogen (secondary N) is 2. The maximum atomic E-state index is 12.8. The van der Waals surface area contributed by atoms with E-state index in [-0.39, 0.29) is 29.0 Å². The molecule has 1 heterocycles. The first-order valence-corrected chi connectivity index (χ1v) is 9.32. The highest BCUT2D eigenvalue weighted by Gasteiger charge is 2.24. The van der Waals surface area contributed by atoms with E-state index < -0.39 is 17.9 Å². The molecular weight excluding hydrogens is 404 g/mol. The Labute approximate surface area is 177 Å². The van der Waals surface area contributed by atoms with Gasteiger partial charge in [-0.25, -0.2) is 4.79 Å². The van der Waals surface area contributed by atoms with Gasteiger partial charge in [0.15, 0.2) is 11.5 Å². The van der Waals surface area contributed by atoms with Crippen molar-refractivity contribution in [1.82, 2.24) is 10.3 Å². The van der Waals surface area contributed by atoms with Gasteiger partial charge in [-0.05, 0) is 23.8 Å². The maximum absolute atomic E-state index is 12.8. The van der Waals surface area contributed by atoms with E-state index in [9.17, 15) is 19.5 Å². The predicted octanol–water partition coefficient (Wildman–Crippen LogP) is 1.98. The molecule has 3 N–H and O–H groups in total. The van der Waals surface area contributed by atoms with Crippen LogP contribution in [0, 0.1) is 0 Å². The zero-order valence-electron chi connectivity index (χ0n) is 17.2. The van der Waals surface area contributed by atoms with Crippen molar-refractivity contribution in [3.05, 3.63) is 63.9 Å². The number of aromatic nitrogens is 1. The summed E-state index contributed by atoms with van der Waals surface area (Å²) in [6.45, 7) is 0.